The number of nitrogens with two attached hydrogens (primary N) is 1. The lowest BCUT2D eigenvalue weighted by molar-refractivity contribution is 0.555. The van der Waals surface area contributed by atoms with Crippen LogP contribution in [0.15, 0.2) is 0 Å². The van der Waals surface area contributed by atoms with Crippen molar-refractivity contribution in [2.75, 3.05) is 18.8 Å². The molecule has 0 bridgehead atoms. The Kier molecular flexibility index (Phi) is 4.35. The van der Waals surface area contributed by atoms with Crippen molar-refractivity contribution in [2.24, 2.45) is 5.92 Å². The minimum atomic E-state index is 0.682. The summed E-state index contributed by atoms with van der Waals surface area (Å²) in [6.45, 7) is 8.53. The van der Waals surface area contributed by atoms with Crippen LogP contribution in [-0.2, 0) is 6.42 Å². The van der Waals surface area contributed by atoms with E-state index in [0.717, 1.165) is 25.2 Å². The van der Waals surface area contributed by atoms with Gasteiger partial charge >= 0.3 is 0 Å². The maximum absolute atomic E-state index is 5.62. The molecule has 14 heavy (non-hydrogen) atoms. The fraction of sp³-hybridized carbons (Fsp3) is 0.700. The van der Waals surface area contributed by atoms with Crippen LogP contribution < -0.4 is 11.1 Å². The van der Waals surface area contributed by atoms with Gasteiger partial charge in [0.2, 0.25) is 0 Å². The van der Waals surface area contributed by atoms with Gasteiger partial charge in [-0.15, -0.1) is 11.3 Å². The van der Waals surface area contributed by atoms with Crippen molar-refractivity contribution in [3.63, 3.8) is 0 Å². The number of nitrogens with one attached hydrogen (secondary N) is 1. The normalized spacial score (nSPS) is 11.1. The van der Waals surface area contributed by atoms with Gasteiger partial charge in [-0.25, -0.2) is 4.98 Å². The first-order chi connectivity index (χ1) is 6.59. The molecule has 0 aliphatic heterocycles. The van der Waals surface area contributed by atoms with Gasteiger partial charge < -0.3 is 11.1 Å². The van der Waals surface area contributed by atoms with Crippen molar-refractivity contribution in [3.8, 4) is 0 Å². The Balaban J connectivity index is 2.28. The summed E-state index contributed by atoms with van der Waals surface area (Å²) in [6, 6.07) is 0. The quantitative estimate of drug-likeness (QED) is 0.734. The van der Waals surface area contributed by atoms with E-state index < -0.39 is 0 Å². The highest BCUT2D eigenvalue weighted by Crippen LogP contribution is 2.19. The molecule has 0 amide bonds. The van der Waals surface area contributed by atoms with E-state index in [9.17, 15) is 0 Å². The van der Waals surface area contributed by atoms with Crippen LogP contribution in [0.4, 0.5) is 5.13 Å². The molecule has 0 radical (unpaired) electrons. The molecule has 1 aromatic heterocycles. The monoisotopic (exact) mass is 213 g/mol. The largest absolute Gasteiger partial charge is 0.375 e. The molecule has 0 aliphatic rings. The first kappa shape index (κ1) is 11.5. The molecule has 0 atom stereocenters. The van der Waals surface area contributed by atoms with Gasteiger partial charge in [-0.3, -0.25) is 0 Å². The molecule has 0 aliphatic carbocycles. The summed E-state index contributed by atoms with van der Waals surface area (Å²) in [5.41, 5.74) is 6.70. The Hall–Kier alpha value is -0.610. The van der Waals surface area contributed by atoms with Gasteiger partial charge in [0.15, 0.2) is 5.13 Å². The molecule has 0 unspecified atom stereocenters. The van der Waals surface area contributed by atoms with E-state index >= 15 is 0 Å². The van der Waals surface area contributed by atoms with Gasteiger partial charge in [-0.2, -0.15) is 0 Å². The van der Waals surface area contributed by atoms with Crippen LogP contribution in [0.25, 0.3) is 0 Å². The van der Waals surface area contributed by atoms with E-state index in [1.807, 2.05) is 6.92 Å². The van der Waals surface area contributed by atoms with Gasteiger partial charge in [0.25, 0.3) is 0 Å². The highest BCUT2D eigenvalue weighted by Gasteiger charge is 2.04. The molecule has 4 heteroatoms. The van der Waals surface area contributed by atoms with Crippen molar-refractivity contribution in [1.82, 2.24) is 10.3 Å². The second kappa shape index (κ2) is 5.32. The molecule has 0 saturated carbocycles. The molecule has 3 nitrogen and oxygen atoms in total. The first-order valence-corrected chi connectivity index (χ1v) is 5.83. The maximum atomic E-state index is 5.62. The van der Waals surface area contributed by atoms with Crippen LogP contribution >= 0.6 is 11.3 Å². The molecular formula is C10H19N3S. The van der Waals surface area contributed by atoms with Crippen molar-refractivity contribution in [2.45, 2.75) is 27.2 Å². The summed E-state index contributed by atoms with van der Waals surface area (Å²) in [6.07, 6.45) is 1.04. The Morgan fingerprint density at radius 1 is 1.50 bits per heavy atom. The summed E-state index contributed by atoms with van der Waals surface area (Å²) in [7, 11) is 0. The number of nitrogens with zero attached hydrogens (tertiary/aromatic N) is 1. The van der Waals surface area contributed by atoms with Crippen LogP contribution in [0.2, 0.25) is 0 Å². The van der Waals surface area contributed by atoms with Crippen LogP contribution in [0, 0.1) is 12.8 Å². The minimum Gasteiger partial charge on any atom is -0.375 e. The number of rotatable bonds is 5. The lowest BCUT2D eigenvalue weighted by atomic mass is 10.2. The maximum Gasteiger partial charge on any atom is 0.180 e. The highest BCUT2D eigenvalue weighted by atomic mass is 32.1. The van der Waals surface area contributed by atoms with Gasteiger partial charge in [0, 0.05) is 11.4 Å². The van der Waals surface area contributed by atoms with E-state index in [-0.39, 0.29) is 0 Å². The zero-order valence-corrected chi connectivity index (χ0v) is 9.95. The Bertz CT molecular complexity index is 281. The Morgan fingerprint density at radius 2 is 2.21 bits per heavy atom. The summed E-state index contributed by atoms with van der Waals surface area (Å²) >= 11 is 1.60. The smallest absolute Gasteiger partial charge is 0.180 e. The SMILES string of the molecule is Cc1nc(N)sc1CCNCC(C)C. The fourth-order valence-corrected chi connectivity index (χ4v) is 2.11. The zero-order valence-electron chi connectivity index (χ0n) is 9.13. The molecule has 0 aromatic carbocycles. The molecule has 0 saturated heterocycles. The zero-order chi connectivity index (χ0) is 10.6. The van der Waals surface area contributed by atoms with Crippen molar-refractivity contribution >= 4 is 16.5 Å². The van der Waals surface area contributed by atoms with Gasteiger partial charge in [0.05, 0.1) is 5.69 Å². The molecule has 1 aromatic rings. The average Bonchev–Trinajstić information content (AvgIpc) is 2.39. The second-order valence-corrected chi connectivity index (χ2v) is 5.02. The van der Waals surface area contributed by atoms with Crippen LogP contribution in [0.3, 0.4) is 0 Å². The predicted molar refractivity (Wildman–Crippen MR) is 62.7 cm³/mol. The van der Waals surface area contributed by atoms with Crippen LogP contribution in [0.1, 0.15) is 24.4 Å². The van der Waals surface area contributed by atoms with E-state index in [4.69, 9.17) is 5.73 Å². The summed E-state index contributed by atoms with van der Waals surface area (Å²) in [5.74, 6) is 0.711. The third kappa shape index (κ3) is 3.64. The van der Waals surface area contributed by atoms with Gasteiger partial charge in [-0.05, 0) is 25.8 Å². The number of aromatic nitrogens is 1. The topological polar surface area (TPSA) is 50.9 Å². The van der Waals surface area contributed by atoms with Crippen LogP contribution in [0.5, 0.6) is 0 Å². The number of anilines is 1. The number of hydrogen-bond donors (Lipinski definition) is 2. The number of hydrogen-bond acceptors (Lipinski definition) is 4. The minimum absolute atomic E-state index is 0.682. The van der Waals surface area contributed by atoms with Crippen molar-refractivity contribution < 1.29 is 0 Å². The van der Waals surface area contributed by atoms with Crippen molar-refractivity contribution in [1.29, 1.82) is 0 Å². The molecule has 1 rings (SSSR count). The third-order valence-corrected chi connectivity index (χ3v) is 3.04. The Morgan fingerprint density at radius 3 is 2.71 bits per heavy atom. The third-order valence-electron chi connectivity index (χ3n) is 1.99. The van der Waals surface area contributed by atoms with Crippen molar-refractivity contribution in [3.05, 3.63) is 10.6 Å². The summed E-state index contributed by atoms with van der Waals surface area (Å²) in [5, 5.41) is 4.09. The van der Waals surface area contributed by atoms with Crippen LogP contribution in [-0.4, -0.2) is 18.1 Å². The molecule has 3 N–H and O–H groups in total. The van der Waals surface area contributed by atoms with E-state index in [1.54, 1.807) is 11.3 Å². The van der Waals surface area contributed by atoms with Gasteiger partial charge in [0.1, 0.15) is 0 Å². The lowest BCUT2D eigenvalue weighted by Gasteiger charge is -2.06. The highest BCUT2D eigenvalue weighted by molar-refractivity contribution is 7.15. The predicted octanol–water partition coefficient (Wildman–Crippen LogP) is 1.82. The first-order valence-electron chi connectivity index (χ1n) is 5.02. The molecule has 0 fully saturated rings. The second-order valence-electron chi connectivity index (χ2n) is 3.91. The fourth-order valence-electron chi connectivity index (χ4n) is 1.28. The Labute approximate surface area is 89.7 Å². The van der Waals surface area contributed by atoms with E-state index in [0.29, 0.717) is 11.0 Å². The number of nitrogen functional groups attached to an aromatic ring is 1. The van der Waals surface area contributed by atoms with E-state index in [1.165, 1.54) is 4.88 Å². The summed E-state index contributed by atoms with van der Waals surface area (Å²) in [4.78, 5) is 5.50. The summed E-state index contributed by atoms with van der Waals surface area (Å²) < 4.78 is 0. The lowest BCUT2D eigenvalue weighted by Crippen LogP contribution is -2.22. The standard InChI is InChI=1S/C10H19N3S/c1-7(2)6-12-5-4-9-8(3)13-10(11)14-9/h7,12H,4-6H2,1-3H3,(H2,11,13). The molecule has 1 heterocycles. The molecule has 80 valence electrons. The molecule has 0 spiro atoms. The number of thiazole rings is 1. The average molecular weight is 213 g/mol. The van der Waals surface area contributed by atoms with Gasteiger partial charge in [-0.1, -0.05) is 13.8 Å². The van der Waals surface area contributed by atoms with E-state index in [2.05, 4.69) is 24.1 Å². The number of aryl methyl sites for hydroxylation is 1. The molecular weight excluding hydrogens is 194 g/mol.